The highest BCUT2D eigenvalue weighted by Crippen LogP contribution is 2.20. The zero-order valence-electron chi connectivity index (χ0n) is 11.9. The third-order valence-corrected chi connectivity index (χ3v) is 3.73. The van der Waals surface area contributed by atoms with E-state index >= 15 is 0 Å². The van der Waals surface area contributed by atoms with Gasteiger partial charge in [0, 0.05) is 3.57 Å². The summed E-state index contributed by atoms with van der Waals surface area (Å²) in [5, 5.41) is 2.97. The van der Waals surface area contributed by atoms with Crippen LogP contribution in [0.1, 0.15) is 0 Å². The number of nitrogens with one attached hydrogen (secondary N) is 1. The summed E-state index contributed by atoms with van der Waals surface area (Å²) >= 11 is 8.09. The molecule has 0 aliphatic carbocycles. The molecule has 0 aliphatic heterocycles. The Labute approximate surface area is 152 Å². The average Bonchev–Trinajstić information content (AvgIpc) is 2.54. The first-order valence-corrected chi connectivity index (χ1v) is 8.08. The van der Waals surface area contributed by atoms with Crippen LogP contribution in [0.4, 0.5) is 5.69 Å². The summed E-state index contributed by atoms with van der Waals surface area (Å²) in [5.74, 6) is -0.540. The minimum Gasteiger partial charge on any atom is -0.482 e. The highest BCUT2D eigenvalue weighted by molar-refractivity contribution is 14.1. The fraction of sp³-hybridized carbons (Fsp3) is 0.125. The molecule has 2 aromatic rings. The molecule has 1 N–H and O–H groups in total. The molecule has 0 fully saturated rings. The lowest BCUT2D eigenvalue weighted by Gasteiger charge is -2.08. The second-order valence-corrected chi connectivity index (χ2v) is 6.08. The Morgan fingerprint density at radius 1 is 1.04 bits per heavy atom. The number of hydrogen-bond acceptors (Lipinski definition) is 4. The molecule has 1 amide bonds. The molecule has 0 aliphatic rings. The molecular weight excluding hydrogens is 433 g/mol. The number of ether oxygens (including phenoxy) is 2. The molecular formula is C16H13ClINO4. The zero-order valence-corrected chi connectivity index (χ0v) is 14.8. The number of esters is 1. The lowest BCUT2D eigenvalue weighted by atomic mass is 10.3. The summed E-state index contributed by atoms with van der Waals surface area (Å²) < 4.78 is 11.2. The second kappa shape index (κ2) is 8.73. The molecule has 0 bridgehead atoms. The van der Waals surface area contributed by atoms with Crippen molar-refractivity contribution < 1.29 is 19.1 Å². The van der Waals surface area contributed by atoms with Gasteiger partial charge in [-0.3, -0.25) is 4.79 Å². The Morgan fingerprint density at radius 3 is 2.43 bits per heavy atom. The molecule has 0 saturated carbocycles. The quantitative estimate of drug-likeness (QED) is 0.546. The van der Waals surface area contributed by atoms with Gasteiger partial charge in [-0.05, 0) is 59.0 Å². The number of benzene rings is 2. The van der Waals surface area contributed by atoms with Crippen LogP contribution in [0.2, 0.25) is 5.02 Å². The summed E-state index contributed by atoms with van der Waals surface area (Å²) in [6, 6.07) is 14.0. The van der Waals surface area contributed by atoms with Gasteiger partial charge in [-0.15, -0.1) is 0 Å². The van der Waals surface area contributed by atoms with Crippen LogP contribution in [0.15, 0.2) is 48.5 Å². The van der Waals surface area contributed by atoms with E-state index in [1.54, 1.807) is 36.4 Å². The van der Waals surface area contributed by atoms with Crippen LogP contribution in [0, 0.1) is 3.57 Å². The average molecular weight is 446 g/mol. The molecule has 2 rings (SSSR count). The van der Waals surface area contributed by atoms with E-state index in [-0.39, 0.29) is 6.61 Å². The molecule has 0 saturated heterocycles. The van der Waals surface area contributed by atoms with Crippen molar-refractivity contribution in [1.82, 2.24) is 0 Å². The summed E-state index contributed by atoms with van der Waals surface area (Å²) in [6.07, 6.45) is 0. The SMILES string of the molecule is O=C(COC(=O)COc1ccc(I)cc1)Nc1ccccc1Cl. The predicted octanol–water partition coefficient (Wildman–Crippen LogP) is 3.51. The Hall–Kier alpha value is -1.80. The van der Waals surface area contributed by atoms with Crippen molar-refractivity contribution in [3.05, 3.63) is 57.1 Å². The Balaban J connectivity index is 1.72. The van der Waals surface area contributed by atoms with Crippen molar-refractivity contribution in [2.75, 3.05) is 18.5 Å². The molecule has 0 radical (unpaired) electrons. The molecule has 2 aromatic carbocycles. The van der Waals surface area contributed by atoms with Gasteiger partial charge in [-0.1, -0.05) is 23.7 Å². The van der Waals surface area contributed by atoms with Gasteiger partial charge in [0.15, 0.2) is 13.2 Å². The smallest absolute Gasteiger partial charge is 0.344 e. The van der Waals surface area contributed by atoms with E-state index in [0.717, 1.165) is 3.57 Å². The first kappa shape index (κ1) is 17.6. The van der Waals surface area contributed by atoms with Crippen LogP contribution >= 0.6 is 34.2 Å². The van der Waals surface area contributed by atoms with E-state index in [2.05, 4.69) is 27.9 Å². The Bertz CT molecular complexity index is 691. The molecule has 0 heterocycles. The first-order valence-electron chi connectivity index (χ1n) is 6.63. The van der Waals surface area contributed by atoms with Crippen LogP contribution in [0.3, 0.4) is 0 Å². The normalized spacial score (nSPS) is 10.0. The van der Waals surface area contributed by atoms with Crippen molar-refractivity contribution in [3.63, 3.8) is 0 Å². The molecule has 23 heavy (non-hydrogen) atoms. The summed E-state index contributed by atoms with van der Waals surface area (Å²) in [5.41, 5.74) is 0.463. The number of halogens is 2. The van der Waals surface area contributed by atoms with E-state index in [1.807, 2.05) is 12.1 Å². The fourth-order valence-corrected chi connectivity index (χ4v) is 2.15. The van der Waals surface area contributed by atoms with Crippen LogP contribution in [-0.4, -0.2) is 25.1 Å². The number of anilines is 1. The predicted molar refractivity (Wildman–Crippen MR) is 95.7 cm³/mol. The lowest BCUT2D eigenvalue weighted by molar-refractivity contribution is -0.149. The molecule has 5 nitrogen and oxygen atoms in total. The van der Waals surface area contributed by atoms with Crippen LogP contribution in [-0.2, 0) is 14.3 Å². The minimum absolute atomic E-state index is 0.264. The topological polar surface area (TPSA) is 64.6 Å². The van der Waals surface area contributed by atoms with E-state index in [0.29, 0.717) is 16.5 Å². The van der Waals surface area contributed by atoms with E-state index in [4.69, 9.17) is 21.1 Å². The Kier molecular flexibility index (Phi) is 6.66. The van der Waals surface area contributed by atoms with E-state index in [1.165, 1.54) is 0 Å². The largest absolute Gasteiger partial charge is 0.482 e. The highest BCUT2D eigenvalue weighted by Gasteiger charge is 2.10. The summed E-state index contributed by atoms with van der Waals surface area (Å²) in [4.78, 5) is 23.2. The van der Waals surface area contributed by atoms with Crippen LogP contribution in [0.25, 0.3) is 0 Å². The number of rotatable bonds is 6. The van der Waals surface area contributed by atoms with Gasteiger partial charge in [0.2, 0.25) is 0 Å². The van der Waals surface area contributed by atoms with Gasteiger partial charge in [0.05, 0.1) is 10.7 Å². The third kappa shape index (κ3) is 6.07. The van der Waals surface area contributed by atoms with E-state index < -0.39 is 18.5 Å². The number of amides is 1. The number of carbonyl (C=O) groups excluding carboxylic acids is 2. The molecule has 0 spiro atoms. The standard InChI is InChI=1S/C16H13ClINO4/c17-13-3-1-2-4-14(13)19-15(20)9-23-16(21)10-22-12-7-5-11(18)6-8-12/h1-8H,9-10H2,(H,19,20). The molecule has 7 heteroatoms. The van der Waals surface area contributed by atoms with Gasteiger partial charge in [-0.2, -0.15) is 0 Å². The number of para-hydroxylation sites is 1. The Morgan fingerprint density at radius 2 is 1.74 bits per heavy atom. The maximum absolute atomic E-state index is 11.7. The van der Waals surface area contributed by atoms with E-state index in [9.17, 15) is 9.59 Å². The first-order chi connectivity index (χ1) is 11.0. The third-order valence-electron chi connectivity index (χ3n) is 2.68. The van der Waals surface area contributed by atoms with Crippen molar-refractivity contribution >= 4 is 51.8 Å². The van der Waals surface area contributed by atoms with Gasteiger partial charge >= 0.3 is 5.97 Å². The zero-order chi connectivity index (χ0) is 16.7. The van der Waals surface area contributed by atoms with Crippen molar-refractivity contribution in [2.24, 2.45) is 0 Å². The van der Waals surface area contributed by atoms with Gasteiger partial charge in [-0.25, -0.2) is 4.79 Å². The second-order valence-electron chi connectivity index (χ2n) is 4.43. The van der Waals surface area contributed by atoms with Crippen LogP contribution < -0.4 is 10.1 Å². The van der Waals surface area contributed by atoms with Crippen LogP contribution in [0.5, 0.6) is 5.75 Å². The van der Waals surface area contributed by atoms with Crippen molar-refractivity contribution in [2.45, 2.75) is 0 Å². The van der Waals surface area contributed by atoms with Gasteiger partial charge in [0.25, 0.3) is 5.91 Å². The molecule has 0 unspecified atom stereocenters. The number of hydrogen-bond donors (Lipinski definition) is 1. The fourth-order valence-electron chi connectivity index (χ4n) is 1.61. The van der Waals surface area contributed by atoms with Crippen molar-refractivity contribution in [3.8, 4) is 5.75 Å². The molecule has 0 atom stereocenters. The molecule has 120 valence electrons. The number of carbonyl (C=O) groups is 2. The summed E-state index contributed by atoms with van der Waals surface area (Å²) in [6.45, 7) is -0.667. The summed E-state index contributed by atoms with van der Waals surface area (Å²) in [7, 11) is 0. The van der Waals surface area contributed by atoms with Gasteiger partial charge < -0.3 is 14.8 Å². The van der Waals surface area contributed by atoms with Gasteiger partial charge in [0.1, 0.15) is 5.75 Å². The minimum atomic E-state index is -0.627. The monoisotopic (exact) mass is 445 g/mol. The highest BCUT2D eigenvalue weighted by atomic mass is 127. The lowest BCUT2D eigenvalue weighted by Crippen LogP contribution is -2.23. The maximum Gasteiger partial charge on any atom is 0.344 e. The maximum atomic E-state index is 11.7. The molecule has 0 aromatic heterocycles. The van der Waals surface area contributed by atoms with Crippen molar-refractivity contribution in [1.29, 1.82) is 0 Å².